The first kappa shape index (κ1) is 21.9. The molecule has 1 atom stereocenters. The number of amides is 1. The van der Waals surface area contributed by atoms with Gasteiger partial charge in [0.05, 0.1) is 9.79 Å². The summed E-state index contributed by atoms with van der Waals surface area (Å²) in [5.74, 6) is -0.353. The van der Waals surface area contributed by atoms with E-state index in [1.807, 2.05) is 6.92 Å². The molecule has 0 unspecified atom stereocenters. The zero-order valence-electron chi connectivity index (χ0n) is 16.4. The fraction of sp³-hybridized carbons (Fsp3) is 0.263. The average Bonchev–Trinajstić information content (AvgIpc) is 2.96. The van der Waals surface area contributed by atoms with E-state index in [0.717, 1.165) is 5.56 Å². The smallest absolute Gasteiger partial charge is 0.263 e. The van der Waals surface area contributed by atoms with E-state index in [0.29, 0.717) is 5.56 Å². The highest BCUT2D eigenvalue weighted by Gasteiger charge is 2.31. The van der Waals surface area contributed by atoms with Gasteiger partial charge in [0.1, 0.15) is 11.9 Å². The van der Waals surface area contributed by atoms with Gasteiger partial charge in [-0.2, -0.15) is 0 Å². The molecular weight excluding hydrogens is 428 g/mol. The summed E-state index contributed by atoms with van der Waals surface area (Å²) in [6.07, 6.45) is 0. The van der Waals surface area contributed by atoms with E-state index in [2.05, 4.69) is 19.8 Å². The lowest BCUT2D eigenvalue weighted by atomic mass is 10.2. The van der Waals surface area contributed by atoms with Gasteiger partial charge in [0.25, 0.3) is 10.0 Å². The molecule has 0 saturated heterocycles. The molecule has 0 bridgehead atoms. The van der Waals surface area contributed by atoms with Crippen molar-refractivity contribution in [1.82, 2.24) is 14.8 Å². The van der Waals surface area contributed by atoms with E-state index in [-0.39, 0.29) is 28.7 Å². The summed E-state index contributed by atoms with van der Waals surface area (Å²) >= 11 is 0. The maximum atomic E-state index is 12.3. The van der Waals surface area contributed by atoms with Crippen molar-refractivity contribution in [3.05, 3.63) is 59.7 Å². The first-order chi connectivity index (χ1) is 14.1. The SMILES string of the molecule is Cc1ccc(S(=O)(=O)NCCNC(=O)[C@H](C)N=C2NS(=O)(=O)c3ccccc32)cc1. The van der Waals surface area contributed by atoms with Crippen LogP contribution in [0.2, 0.25) is 0 Å². The number of rotatable bonds is 7. The van der Waals surface area contributed by atoms with E-state index in [1.54, 1.807) is 30.3 Å². The molecule has 2 aromatic rings. The van der Waals surface area contributed by atoms with Crippen LogP contribution in [0.4, 0.5) is 0 Å². The number of aryl methyl sites for hydroxylation is 1. The van der Waals surface area contributed by atoms with Gasteiger partial charge < -0.3 is 5.32 Å². The topological polar surface area (TPSA) is 134 Å². The number of fused-ring (bicyclic) bond motifs is 1. The van der Waals surface area contributed by atoms with E-state index in [4.69, 9.17) is 0 Å². The minimum Gasteiger partial charge on any atom is -0.353 e. The number of carbonyl (C=O) groups excluding carboxylic acids is 1. The fourth-order valence-electron chi connectivity index (χ4n) is 2.80. The molecule has 30 heavy (non-hydrogen) atoms. The second kappa shape index (κ2) is 8.54. The van der Waals surface area contributed by atoms with Gasteiger partial charge in [0, 0.05) is 18.7 Å². The van der Waals surface area contributed by atoms with Crippen molar-refractivity contribution in [2.75, 3.05) is 13.1 Å². The quantitative estimate of drug-likeness (QED) is 0.529. The summed E-state index contributed by atoms with van der Waals surface area (Å²) < 4.78 is 53.4. The van der Waals surface area contributed by atoms with Crippen molar-refractivity contribution >= 4 is 31.8 Å². The molecule has 0 spiro atoms. The molecule has 1 aliphatic heterocycles. The van der Waals surface area contributed by atoms with Crippen LogP contribution < -0.4 is 14.8 Å². The maximum Gasteiger partial charge on any atom is 0.263 e. The van der Waals surface area contributed by atoms with Crippen molar-refractivity contribution < 1.29 is 21.6 Å². The minimum absolute atomic E-state index is 0.000698. The summed E-state index contributed by atoms with van der Waals surface area (Å²) in [6.45, 7) is 3.44. The second-order valence-electron chi connectivity index (χ2n) is 6.76. The summed E-state index contributed by atoms with van der Waals surface area (Å²) in [7, 11) is -7.35. The van der Waals surface area contributed by atoms with Crippen molar-refractivity contribution in [3.8, 4) is 0 Å². The van der Waals surface area contributed by atoms with Crippen LogP contribution in [0.1, 0.15) is 18.1 Å². The standard InChI is InChI=1S/C19H22N4O5S2/c1-13-7-9-15(10-8-13)29(25,26)21-12-11-20-19(24)14(2)22-18-16-5-3-4-6-17(16)30(27,28)23-18/h3-10,14,21H,11-12H2,1-2H3,(H,20,24)(H,22,23)/t14-/m0/s1. The Hall–Kier alpha value is -2.76. The number of nitrogens with one attached hydrogen (secondary N) is 3. The lowest BCUT2D eigenvalue weighted by molar-refractivity contribution is -0.121. The molecule has 3 rings (SSSR count). The molecule has 0 fully saturated rings. The predicted octanol–water partition coefficient (Wildman–Crippen LogP) is 0.517. The third kappa shape index (κ3) is 4.86. The Kier molecular flexibility index (Phi) is 6.25. The summed E-state index contributed by atoms with van der Waals surface area (Å²) in [5.41, 5.74) is 1.35. The Morgan fingerprint density at radius 1 is 1.10 bits per heavy atom. The Labute approximate surface area is 175 Å². The molecule has 0 radical (unpaired) electrons. The van der Waals surface area contributed by atoms with Gasteiger partial charge >= 0.3 is 0 Å². The molecule has 9 nitrogen and oxygen atoms in total. The number of carbonyl (C=O) groups is 1. The monoisotopic (exact) mass is 450 g/mol. The fourth-order valence-corrected chi connectivity index (χ4v) is 5.07. The van der Waals surface area contributed by atoms with Crippen LogP contribution in [0, 0.1) is 6.92 Å². The third-order valence-electron chi connectivity index (χ3n) is 4.41. The largest absolute Gasteiger partial charge is 0.353 e. The van der Waals surface area contributed by atoms with Crippen LogP contribution in [-0.4, -0.2) is 47.7 Å². The summed E-state index contributed by atoms with van der Waals surface area (Å²) in [6, 6.07) is 11.9. The molecule has 1 aliphatic rings. The number of aliphatic imine (C=N–C) groups is 1. The van der Waals surface area contributed by atoms with Crippen LogP contribution in [0.25, 0.3) is 0 Å². The van der Waals surface area contributed by atoms with Gasteiger partial charge in [-0.25, -0.2) is 21.6 Å². The Morgan fingerprint density at radius 3 is 2.47 bits per heavy atom. The Balaban J connectivity index is 1.56. The van der Waals surface area contributed by atoms with Crippen LogP contribution in [-0.2, 0) is 24.8 Å². The van der Waals surface area contributed by atoms with Gasteiger partial charge in [-0.05, 0) is 38.1 Å². The lowest BCUT2D eigenvalue weighted by Crippen LogP contribution is -2.39. The van der Waals surface area contributed by atoms with Gasteiger partial charge in [-0.15, -0.1) is 0 Å². The van der Waals surface area contributed by atoms with E-state index in [9.17, 15) is 21.6 Å². The van der Waals surface area contributed by atoms with E-state index >= 15 is 0 Å². The molecule has 0 aromatic heterocycles. The van der Waals surface area contributed by atoms with Crippen LogP contribution in [0.5, 0.6) is 0 Å². The van der Waals surface area contributed by atoms with Crippen molar-refractivity contribution in [3.63, 3.8) is 0 Å². The molecule has 2 aromatic carbocycles. The van der Waals surface area contributed by atoms with Gasteiger partial charge in [-0.3, -0.25) is 14.5 Å². The zero-order chi connectivity index (χ0) is 21.9. The number of nitrogens with zero attached hydrogens (tertiary/aromatic N) is 1. The second-order valence-corrected chi connectivity index (χ2v) is 10.2. The molecule has 1 amide bonds. The third-order valence-corrected chi connectivity index (χ3v) is 7.29. The number of sulfonamides is 2. The highest BCUT2D eigenvalue weighted by atomic mass is 32.2. The van der Waals surface area contributed by atoms with E-state index in [1.165, 1.54) is 25.1 Å². The van der Waals surface area contributed by atoms with Crippen LogP contribution in [0.15, 0.2) is 63.3 Å². The number of hydrogen-bond donors (Lipinski definition) is 3. The Morgan fingerprint density at radius 2 is 1.77 bits per heavy atom. The maximum absolute atomic E-state index is 12.3. The summed E-state index contributed by atoms with van der Waals surface area (Å²) in [4.78, 5) is 16.7. The van der Waals surface area contributed by atoms with Crippen LogP contribution in [0.3, 0.4) is 0 Å². The molecule has 11 heteroatoms. The van der Waals surface area contributed by atoms with Crippen molar-refractivity contribution in [1.29, 1.82) is 0 Å². The van der Waals surface area contributed by atoms with Gasteiger partial charge in [0.2, 0.25) is 15.9 Å². The van der Waals surface area contributed by atoms with Gasteiger partial charge in [-0.1, -0.05) is 29.8 Å². The molecule has 3 N–H and O–H groups in total. The number of hydrogen-bond acceptors (Lipinski definition) is 6. The molecule has 0 aliphatic carbocycles. The predicted molar refractivity (Wildman–Crippen MR) is 112 cm³/mol. The van der Waals surface area contributed by atoms with Crippen molar-refractivity contribution in [2.24, 2.45) is 4.99 Å². The normalized spacial score (nSPS) is 17.2. The summed E-state index contributed by atoms with van der Waals surface area (Å²) in [5, 5.41) is 2.58. The zero-order valence-corrected chi connectivity index (χ0v) is 18.0. The number of amidine groups is 1. The molecule has 0 saturated carbocycles. The highest BCUT2D eigenvalue weighted by Crippen LogP contribution is 2.22. The lowest BCUT2D eigenvalue weighted by Gasteiger charge is -2.11. The van der Waals surface area contributed by atoms with Crippen molar-refractivity contribution in [2.45, 2.75) is 29.7 Å². The van der Waals surface area contributed by atoms with Crippen LogP contribution >= 0.6 is 0 Å². The first-order valence-electron chi connectivity index (χ1n) is 9.14. The molecule has 160 valence electrons. The molecule has 1 heterocycles. The molecular formula is C19H22N4O5S2. The minimum atomic E-state index is -3.68. The first-order valence-corrected chi connectivity index (χ1v) is 12.1. The Bertz CT molecular complexity index is 1190. The van der Waals surface area contributed by atoms with E-state index < -0.39 is 32.0 Å². The highest BCUT2D eigenvalue weighted by molar-refractivity contribution is 7.90. The number of benzene rings is 2. The van der Waals surface area contributed by atoms with Gasteiger partial charge in [0.15, 0.2) is 0 Å². The average molecular weight is 451 g/mol.